The van der Waals surface area contributed by atoms with Crippen molar-refractivity contribution >= 4 is 0 Å². The average molecular weight is 571 g/mol. The third-order valence-electron chi connectivity index (χ3n) is 8.80. The van der Waals surface area contributed by atoms with Crippen LogP contribution in [-0.2, 0) is 11.8 Å². The zero-order valence-corrected chi connectivity index (χ0v) is 25.1. The molecule has 0 amide bonds. The quantitative estimate of drug-likeness (QED) is 0.169. The van der Waals surface area contributed by atoms with E-state index in [1.807, 2.05) is 6.08 Å². The van der Waals surface area contributed by atoms with Crippen molar-refractivity contribution in [3.05, 3.63) is 186 Å². The van der Waals surface area contributed by atoms with Gasteiger partial charge in [-0.3, -0.25) is 0 Å². The average Bonchev–Trinajstić information content (AvgIpc) is 3.38. The highest BCUT2D eigenvalue weighted by Crippen LogP contribution is 2.56. The Hall–Kier alpha value is -5.34. The first-order valence-electron chi connectivity index (χ1n) is 15.0. The molecule has 1 aliphatic carbocycles. The molecule has 7 rings (SSSR count). The fourth-order valence-corrected chi connectivity index (χ4v) is 6.68. The zero-order chi connectivity index (χ0) is 30.1. The standard InChI is InChI=1S/C42H34O2/c1-4-9-32-28-31(30-16-14-29(2)15-17-30)18-27-41(32)44-36-25-21-34(22-26-36)42(33-19-23-35(43-3)24-20-33)39-12-7-5-10-37(39)38-11-6-8-13-40(38)42/h4-8,10-28H,1,9H2,2-3H3. The number of fused-ring (bicyclic) bond motifs is 3. The van der Waals surface area contributed by atoms with Crippen LogP contribution >= 0.6 is 0 Å². The number of hydrogen-bond acceptors (Lipinski definition) is 2. The van der Waals surface area contributed by atoms with E-state index in [2.05, 4.69) is 153 Å². The molecule has 2 heteroatoms. The summed E-state index contributed by atoms with van der Waals surface area (Å²) >= 11 is 0. The molecule has 0 aromatic heterocycles. The van der Waals surface area contributed by atoms with E-state index in [0.717, 1.165) is 29.2 Å². The number of methoxy groups -OCH3 is 1. The van der Waals surface area contributed by atoms with Gasteiger partial charge in [0.25, 0.3) is 0 Å². The molecule has 0 fully saturated rings. The largest absolute Gasteiger partial charge is 0.497 e. The van der Waals surface area contributed by atoms with E-state index in [4.69, 9.17) is 9.47 Å². The van der Waals surface area contributed by atoms with Crippen LogP contribution in [0.2, 0.25) is 0 Å². The van der Waals surface area contributed by atoms with Gasteiger partial charge in [-0.2, -0.15) is 0 Å². The molecule has 0 N–H and O–H groups in total. The zero-order valence-electron chi connectivity index (χ0n) is 25.1. The maximum Gasteiger partial charge on any atom is 0.130 e. The molecule has 2 nitrogen and oxygen atoms in total. The van der Waals surface area contributed by atoms with Crippen LogP contribution < -0.4 is 9.47 Å². The minimum absolute atomic E-state index is 0.471. The Morgan fingerprint density at radius 2 is 1.16 bits per heavy atom. The number of benzene rings is 6. The second kappa shape index (κ2) is 11.4. The lowest BCUT2D eigenvalue weighted by Gasteiger charge is -2.34. The molecule has 0 saturated heterocycles. The number of allylic oxidation sites excluding steroid dienone is 1. The van der Waals surface area contributed by atoms with Crippen LogP contribution in [-0.4, -0.2) is 7.11 Å². The molecule has 0 bridgehead atoms. The Balaban J connectivity index is 1.30. The van der Waals surface area contributed by atoms with Gasteiger partial charge in [-0.05, 0) is 99.8 Å². The number of ether oxygens (including phenoxy) is 2. The maximum absolute atomic E-state index is 6.53. The van der Waals surface area contributed by atoms with Crippen LogP contribution in [0.5, 0.6) is 17.2 Å². The van der Waals surface area contributed by atoms with Gasteiger partial charge in [0, 0.05) is 0 Å². The van der Waals surface area contributed by atoms with Gasteiger partial charge in [0.1, 0.15) is 17.2 Å². The maximum atomic E-state index is 6.53. The molecule has 0 aliphatic heterocycles. The first-order chi connectivity index (χ1) is 21.6. The lowest BCUT2D eigenvalue weighted by Crippen LogP contribution is -2.28. The van der Waals surface area contributed by atoms with Gasteiger partial charge in [0.2, 0.25) is 0 Å². The summed E-state index contributed by atoms with van der Waals surface area (Å²) in [5.74, 6) is 2.48. The third kappa shape index (κ3) is 4.60. The third-order valence-corrected chi connectivity index (χ3v) is 8.80. The molecule has 6 aromatic carbocycles. The molecular weight excluding hydrogens is 536 g/mol. The number of aryl methyl sites for hydroxylation is 1. The first kappa shape index (κ1) is 27.5. The van der Waals surface area contributed by atoms with Crippen LogP contribution in [0.3, 0.4) is 0 Å². The van der Waals surface area contributed by atoms with Crippen LogP contribution in [0.1, 0.15) is 33.4 Å². The smallest absolute Gasteiger partial charge is 0.130 e. The molecular formula is C42H34O2. The van der Waals surface area contributed by atoms with Crippen molar-refractivity contribution in [2.45, 2.75) is 18.8 Å². The highest BCUT2D eigenvalue weighted by molar-refractivity contribution is 5.86. The fraction of sp³-hybridized carbons (Fsp3) is 0.0952. The van der Waals surface area contributed by atoms with Crippen molar-refractivity contribution in [2.24, 2.45) is 0 Å². The normalized spacial score (nSPS) is 12.7. The van der Waals surface area contributed by atoms with Gasteiger partial charge >= 0.3 is 0 Å². The van der Waals surface area contributed by atoms with E-state index in [-0.39, 0.29) is 0 Å². The van der Waals surface area contributed by atoms with Crippen molar-refractivity contribution in [3.8, 4) is 39.5 Å². The predicted molar refractivity (Wildman–Crippen MR) is 181 cm³/mol. The summed E-state index contributed by atoms with van der Waals surface area (Å²) < 4.78 is 12.1. The summed E-state index contributed by atoms with van der Waals surface area (Å²) in [5, 5.41) is 0. The Labute approximate surface area is 259 Å². The van der Waals surface area contributed by atoms with Crippen molar-refractivity contribution in [3.63, 3.8) is 0 Å². The Kier molecular flexibility index (Phi) is 7.12. The summed E-state index contributed by atoms with van der Waals surface area (Å²) in [5.41, 5.74) is 11.7. The van der Waals surface area contributed by atoms with E-state index in [1.54, 1.807) is 7.11 Å². The van der Waals surface area contributed by atoms with Crippen LogP contribution in [0.4, 0.5) is 0 Å². The molecule has 0 saturated carbocycles. The van der Waals surface area contributed by atoms with Crippen molar-refractivity contribution in [2.75, 3.05) is 7.11 Å². The van der Waals surface area contributed by atoms with Gasteiger partial charge in [-0.25, -0.2) is 0 Å². The Bertz CT molecular complexity index is 1900. The Morgan fingerprint density at radius 1 is 0.614 bits per heavy atom. The summed E-state index contributed by atoms with van der Waals surface area (Å²) in [6.45, 7) is 6.10. The highest BCUT2D eigenvalue weighted by Gasteiger charge is 2.45. The Morgan fingerprint density at radius 3 is 1.73 bits per heavy atom. The fourth-order valence-electron chi connectivity index (χ4n) is 6.68. The first-order valence-corrected chi connectivity index (χ1v) is 15.0. The lowest BCUT2D eigenvalue weighted by molar-refractivity contribution is 0.414. The molecule has 6 aromatic rings. The number of hydrogen-bond donors (Lipinski definition) is 0. The van der Waals surface area contributed by atoms with Gasteiger partial charge in [0.15, 0.2) is 0 Å². The summed E-state index contributed by atoms with van der Waals surface area (Å²) in [4.78, 5) is 0. The van der Waals surface area contributed by atoms with E-state index in [0.29, 0.717) is 0 Å². The molecule has 0 heterocycles. The SMILES string of the molecule is C=CCc1cc(-c2ccc(C)cc2)ccc1Oc1ccc(C2(c3ccc(OC)cc3)c3ccccc3-c3ccccc32)cc1. The molecule has 1 aliphatic rings. The summed E-state index contributed by atoms with van der Waals surface area (Å²) in [6.07, 6.45) is 2.65. The van der Waals surface area contributed by atoms with Crippen LogP contribution in [0.25, 0.3) is 22.3 Å². The van der Waals surface area contributed by atoms with Crippen molar-refractivity contribution < 1.29 is 9.47 Å². The molecule has 0 spiro atoms. The monoisotopic (exact) mass is 570 g/mol. The highest BCUT2D eigenvalue weighted by atomic mass is 16.5. The van der Waals surface area contributed by atoms with Crippen molar-refractivity contribution in [1.29, 1.82) is 0 Å². The van der Waals surface area contributed by atoms with Gasteiger partial charge in [-0.15, -0.1) is 6.58 Å². The molecule has 0 atom stereocenters. The second-order valence-electron chi connectivity index (χ2n) is 11.4. The van der Waals surface area contributed by atoms with Gasteiger partial charge in [-0.1, -0.05) is 115 Å². The summed E-state index contributed by atoms with van der Waals surface area (Å²) in [7, 11) is 1.71. The van der Waals surface area contributed by atoms with E-state index in [9.17, 15) is 0 Å². The van der Waals surface area contributed by atoms with E-state index in [1.165, 1.54) is 50.1 Å². The molecule has 0 radical (unpaired) electrons. The van der Waals surface area contributed by atoms with Gasteiger partial charge in [0.05, 0.1) is 12.5 Å². The van der Waals surface area contributed by atoms with Crippen LogP contribution in [0.15, 0.2) is 152 Å². The van der Waals surface area contributed by atoms with Gasteiger partial charge < -0.3 is 9.47 Å². The van der Waals surface area contributed by atoms with Crippen LogP contribution in [0, 0.1) is 6.92 Å². The predicted octanol–water partition coefficient (Wildman–Crippen LogP) is 10.6. The minimum atomic E-state index is -0.471. The topological polar surface area (TPSA) is 18.5 Å². The van der Waals surface area contributed by atoms with E-state index >= 15 is 0 Å². The molecule has 214 valence electrons. The number of rotatable bonds is 8. The molecule has 0 unspecified atom stereocenters. The molecule has 44 heavy (non-hydrogen) atoms. The van der Waals surface area contributed by atoms with Crippen molar-refractivity contribution in [1.82, 2.24) is 0 Å². The van der Waals surface area contributed by atoms with E-state index < -0.39 is 5.41 Å². The minimum Gasteiger partial charge on any atom is -0.497 e. The summed E-state index contributed by atoms with van der Waals surface area (Å²) in [6, 6.07) is 49.7. The second-order valence-corrected chi connectivity index (χ2v) is 11.4. The lowest BCUT2D eigenvalue weighted by atomic mass is 9.68.